The fourth-order valence-electron chi connectivity index (χ4n) is 3.89. The average molecular weight is 273 g/mol. The van der Waals surface area contributed by atoms with E-state index in [0.29, 0.717) is 12.1 Å². The van der Waals surface area contributed by atoms with E-state index in [9.17, 15) is 0 Å². The highest BCUT2D eigenvalue weighted by Gasteiger charge is 2.28. The van der Waals surface area contributed by atoms with Crippen molar-refractivity contribution in [1.29, 1.82) is 0 Å². The molecule has 0 saturated carbocycles. The molecule has 1 aromatic carbocycles. The first-order valence-corrected chi connectivity index (χ1v) is 8.00. The van der Waals surface area contributed by atoms with Crippen LogP contribution in [0.15, 0.2) is 18.2 Å². The van der Waals surface area contributed by atoms with Gasteiger partial charge < -0.3 is 10.6 Å². The summed E-state index contributed by atoms with van der Waals surface area (Å²) in [5.41, 5.74) is 10.4. The van der Waals surface area contributed by atoms with Gasteiger partial charge in [-0.15, -0.1) is 0 Å². The number of aryl methyl sites for hydroxylation is 1. The summed E-state index contributed by atoms with van der Waals surface area (Å²) in [6.45, 7) is 5.43. The maximum atomic E-state index is 6.10. The minimum absolute atomic E-state index is 0.394. The number of rotatable bonds is 3. The molecule has 3 heteroatoms. The van der Waals surface area contributed by atoms with Crippen molar-refractivity contribution in [2.45, 2.75) is 44.7 Å². The van der Waals surface area contributed by atoms with Crippen molar-refractivity contribution in [1.82, 2.24) is 4.90 Å². The first-order valence-electron chi connectivity index (χ1n) is 8.00. The molecule has 110 valence electrons. The minimum atomic E-state index is 0.394. The smallest absolute Gasteiger partial charge is 0.0473 e. The zero-order valence-corrected chi connectivity index (χ0v) is 12.8. The van der Waals surface area contributed by atoms with Crippen LogP contribution in [0.2, 0.25) is 0 Å². The van der Waals surface area contributed by atoms with Gasteiger partial charge in [0.05, 0.1) is 0 Å². The lowest BCUT2D eigenvalue weighted by Crippen LogP contribution is -2.36. The molecule has 0 bridgehead atoms. The molecule has 2 heterocycles. The second kappa shape index (κ2) is 5.74. The minimum Gasteiger partial charge on any atom is -0.374 e. The van der Waals surface area contributed by atoms with Gasteiger partial charge in [-0.05, 0) is 56.3 Å². The Morgan fingerprint density at radius 3 is 2.85 bits per heavy atom. The van der Waals surface area contributed by atoms with Gasteiger partial charge in [0.2, 0.25) is 0 Å². The summed E-state index contributed by atoms with van der Waals surface area (Å²) in [4.78, 5) is 4.97. The fraction of sp³-hybridized carbons (Fsp3) is 0.647. The molecule has 2 aliphatic heterocycles. The number of anilines is 1. The Labute approximate surface area is 122 Å². The third-order valence-corrected chi connectivity index (χ3v) is 5.07. The van der Waals surface area contributed by atoms with Crippen LogP contribution in [-0.4, -0.2) is 37.6 Å². The van der Waals surface area contributed by atoms with Crippen LogP contribution in [0.25, 0.3) is 0 Å². The second-order valence-corrected chi connectivity index (χ2v) is 6.39. The summed E-state index contributed by atoms with van der Waals surface area (Å²) >= 11 is 0. The van der Waals surface area contributed by atoms with Crippen molar-refractivity contribution in [2.24, 2.45) is 5.73 Å². The predicted molar refractivity (Wildman–Crippen MR) is 85.2 cm³/mol. The van der Waals surface area contributed by atoms with E-state index in [2.05, 4.69) is 42.0 Å². The first kappa shape index (κ1) is 13.9. The molecule has 1 saturated heterocycles. The third-order valence-electron chi connectivity index (χ3n) is 5.07. The number of hydrogen-bond donors (Lipinski definition) is 1. The second-order valence-electron chi connectivity index (χ2n) is 6.39. The van der Waals surface area contributed by atoms with Crippen LogP contribution in [-0.2, 0) is 6.42 Å². The summed E-state index contributed by atoms with van der Waals surface area (Å²) in [5.74, 6) is 0. The van der Waals surface area contributed by atoms with Crippen molar-refractivity contribution >= 4 is 5.69 Å². The number of likely N-dealkylation sites (tertiary alicyclic amines) is 1. The summed E-state index contributed by atoms with van der Waals surface area (Å²) in [5, 5.41) is 0. The van der Waals surface area contributed by atoms with Crippen LogP contribution in [0.1, 0.15) is 43.4 Å². The molecule has 2 unspecified atom stereocenters. The molecular formula is C17H27N3. The van der Waals surface area contributed by atoms with Crippen molar-refractivity contribution in [3.8, 4) is 0 Å². The van der Waals surface area contributed by atoms with Crippen LogP contribution >= 0.6 is 0 Å². The third kappa shape index (κ3) is 2.45. The van der Waals surface area contributed by atoms with Crippen molar-refractivity contribution < 1.29 is 0 Å². The quantitative estimate of drug-likeness (QED) is 0.918. The predicted octanol–water partition coefficient (Wildman–Crippen LogP) is 2.55. The van der Waals surface area contributed by atoms with Gasteiger partial charge in [0.15, 0.2) is 0 Å². The fourth-order valence-corrected chi connectivity index (χ4v) is 3.89. The van der Waals surface area contributed by atoms with Gasteiger partial charge >= 0.3 is 0 Å². The number of hydrogen-bond acceptors (Lipinski definition) is 3. The Balaban J connectivity index is 1.88. The number of benzene rings is 1. The van der Waals surface area contributed by atoms with Gasteiger partial charge in [-0.2, -0.15) is 0 Å². The summed E-state index contributed by atoms with van der Waals surface area (Å²) in [6.07, 6.45) is 5.09. The molecule has 0 aromatic heterocycles. The lowest BCUT2D eigenvalue weighted by Gasteiger charge is -2.33. The summed E-state index contributed by atoms with van der Waals surface area (Å²) < 4.78 is 0. The SMILES string of the molecule is CC1CCCN1C(CN)c1ccc2c(c1)CCCN2C. The zero-order chi connectivity index (χ0) is 14.1. The lowest BCUT2D eigenvalue weighted by molar-refractivity contribution is 0.195. The molecule has 2 aliphatic rings. The van der Waals surface area contributed by atoms with Gasteiger partial charge in [-0.3, -0.25) is 4.90 Å². The van der Waals surface area contributed by atoms with Crippen LogP contribution in [0, 0.1) is 0 Å². The standard InChI is InChI=1S/C17H27N3/c1-13-5-3-10-20(13)17(12-18)15-7-8-16-14(11-15)6-4-9-19(16)2/h7-8,11,13,17H,3-6,9-10,12,18H2,1-2H3. The molecule has 0 amide bonds. The molecule has 0 aliphatic carbocycles. The van der Waals surface area contributed by atoms with E-state index in [1.807, 2.05) is 0 Å². The molecular weight excluding hydrogens is 246 g/mol. The Kier molecular flexibility index (Phi) is 3.99. The highest BCUT2D eigenvalue weighted by molar-refractivity contribution is 5.56. The normalized spacial score (nSPS) is 24.8. The molecule has 3 rings (SSSR count). The summed E-state index contributed by atoms with van der Waals surface area (Å²) in [7, 11) is 2.20. The van der Waals surface area contributed by atoms with Gasteiger partial charge in [0, 0.05) is 37.9 Å². The highest BCUT2D eigenvalue weighted by Crippen LogP contribution is 2.33. The van der Waals surface area contributed by atoms with E-state index in [4.69, 9.17) is 5.73 Å². The van der Waals surface area contributed by atoms with E-state index in [0.717, 1.165) is 6.54 Å². The van der Waals surface area contributed by atoms with Crippen LogP contribution in [0.4, 0.5) is 5.69 Å². The Morgan fingerprint density at radius 2 is 2.15 bits per heavy atom. The Morgan fingerprint density at radius 1 is 1.30 bits per heavy atom. The van der Waals surface area contributed by atoms with Gasteiger partial charge in [0.1, 0.15) is 0 Å². The largest absolute Gasteiger partial charge is 0.374 e. The topological polar surface area (TPSA) is 32.5 Å². The average Bonchev–Trinajstić information content (AvgIpc) is 2.86. The maximum Gasteiger partial charge on any atom is 0.0473 e. The van der Waals surface area contributed by atoms with Crippen molar-refractivity contribution in [2.75, 3.05) is 31.6 Å². The van der Waals surface area contributed by atoms with E-state index in [1.165, 1.54) is 55.6 Å². The Bertz CT molecular complexity index is 471. The first-order chi connectivity index (χ1) is 9.70. The maximum absolute atomic E-state index is 6.10. The lowest BCUT2D eigenvalue weighted by atomic mass is 9.96. The van der Waals surface area contributed by atoms with E-state index in [1.54, 1.807) is 0 Å². The van der Waals surface area contributed by atoms with Crippen LogP contribution < -0.4 is 10.6 Å². The molecule has 20 heavy (non-hydrogen) atoms. The van der Waals surface area contributed by atoms with Crippen molar-refractivity contribution in [3.05, 3.63) is 29.3 Å². The molecule has 0 radical (unpaired) electrons. The molecule has 2 N–H and O–H groups in total. The van der Waals surface area contributed by atoms with E-state index >= 15 is 0 Å². The van der Waals surface area contributed by atoms with Gasteiger partial charge in [0.25, 0.3) is 0 Å². The Hall–Kier alpha value is -1.06. The molecule has 1 aromatic rings. The van der Waals surface area contributed by atoms with E-state index < -0.39 is 0 Å². The molecule has 1 fully saturated rings. The number of nitrogens with two attached hydrogens (primary N) is 1. The highest BCUT2D eigenvalue weighted by atomic mass is 15.2. The molecule has 3 nitrogen and oxygen atoms in total. The van der Waals surface area contributed by atoms with Crippen LogP contribution in [0.5, 0.6) is 0 Å². The van der Waals surface area contributed by atoms with Gasteiger partial charge in [-0.25, -0.2) is 0 Å². The monoisotopic (exact) mass is 273 g/mol. The number of fused-ring (bicyclic) bond motifs is 1. The van der Waals surface area contributed by atoms with Crippen LogP contribution in [0.3, 0.4) is 0 Å². The van der Waals surface area contributed by atoms with Gasteiger partial charge in [-0.1, -0.05) is 12.1 Å². The molecule has 0 spiro atoms. The molecule has 2 atom stereocenters. The van der Waals surface area contributed by atoms with E-state index in [-0.39, 0.29) is 0 Å². The zero-order valence-electron chi connectivity index (χ0n) is 12.8. The summed E-state index contributed by atoms with van der Waals surface area (Å²) in [6, 6.07) is 8.07. The number of nitrogens with zero attached hydrogens (tertiary/aromatic N) is 2. The van der Waals surface area contributed by atoms with Crippen molar-refractivity contribution in [3.63, 3.8) is 0 Å².